The summed E-state index contributed by atoms with van der Waals surface area (Å²) in [4.78, 5) is 27.5. The Morgan fingerprint density at radius 1 is 0.882 bits per heavy atom. The first-order valence-corrected chi connectivity index (χ1v) is 13.0. The topological polar surface area (TPSA) is 86.8 Å². The van der Waals surface area contributed by atoms with Gasteiger partial charge in [-0.25, -0.2) is 13.2 Å². The van der Waals surface area contributed by atoms with E-state index in [1.165, 1.54) is 14.8 Å². The molecule has 0 unspecified atom stereocenters. The molecule has 0 bridgehead atoms. The van der Waals surface area contributed by atoms with Gasteiger partial charge in [-0.2, -0.15) is 4.31 Å². The van der Waals surface area contributed by atoms with Gasteiger partial charge in [0, 0.05) is 13.1 Å². The number of hydrogen-bond donors (Lipinski definition) is 1. The highest BCUT2D eigenvalue weighted by molar-refractivity contribution is 7.89. The van der Waals surface area contributed by atoms with Crippen molar-refractivity contribution in [1.29, 1.82) is 0 Å². The predicted molar refractivity (Wildman–Crippen MR) is 128 cm³/mol. The van der Waals surface area contributed by atoms with E-state index in [1.54, 1.807) is 6.07 Å². The molecule has 3 amide bonds. The van der Waals surface area contributed by atoms with Crippen molar-refractivity contribution < 1.29 is 18.0 Å². The Bertz CT molecular complexity index is 1430. The van der Waals surface area contributed by atoms with Crippen LogP contribution in [0.1, 0.15) is 29.5 Å². The van der Waals surface area contributed by atoms with Crippen molar-refractivity contribution in [3.8, 4) is 0 Å². The lowest BCUT2D eigenvalue weighted by atomic mass is 9.88. The van der Waals surface area contributed by atoms with Crippen LogP contribution in [0.3, 0.4) is 0 Å². The van der Waals surface area contributed by atoms with Crippen molar-refractivity contribution in [3.63, 3.8) is 0 Å². The monoisotopic (exact) mass is 475 g/mol. The van der Waals surface area contributed by atoms with Crippen molar-refractivity contribution in [2.45, 2.75) is 42.7 Å². The van der Waals surface area contributed by atoms with E-state index in [9.17, 15) is 18.0 Å². The smallest absolute Gasteiger partial charge is 0.323 e. The van der Waals surface area contributed by atoms with Crippen LogP contribution in [0, 0.1) is 0 Å². The Labute approximate surface area is 198 Å². The Balaban J connectivity index is 1.23. The average molecular weight is 476 g/mol. The van der Waals surface area contributed by atoms with E-state index in [2.05, 4.69) is 11.4 Å². The van der Waals surface area contributed by atoms with Crippen LogP contribution in [0.15, 0.2) is 65.6 Å². The first-order chi connectivity index (χ1) is 16.4. The predicted octanol–water partition coefficient (Wildman–Crippen LogP) is 3.21. The van der Waals surface area contributed by atoms with E-state index in [0.717, 1.165) is 28.3 Å². The van der Waals surface area contributed by atoms with Crippen molar-refractivity contribution in [2.24, 2.45) is 0 Å². The molecule has 174 valence electrons. The SMILES string of the molecule is O=C1NC2(CCN(S(=O)(=O)c3ccc4cccc5c4c3CC5)CC2)C(=O)N1Cc1ccccc1. The van der Waals surface area contributed by atoms with Gasteiger partial charge in [0.2, 0.25) is 10.0 Å². The lowest BCUT2D eigenvalue weighted by Gasteiger charge is -2.36. The molecular weight excluding hydrogens is 450 g/mol. The van der Waals surface area contributed by atoms with Crippen molar-refractivity contribution in [3.05, 3.63) is 77.4 Å². The van der Waals surface area contributed by atoms with Gasteiger partial charge in [0.15, 0.2) is 0 Å². The van der Waals surface area contributed by atoms with Crippen LogP contribution in [0.5, 0.6) is 0 Å². The molecule has 0 radical (unpaired) electrons. The molecule has 2 fully saturated rings. The van der Waals surface area contributed by atoms with Crippen LogP contribution in [-0.2, 0) is 34.2 Å². The van der Waals surface area contributed by atoms with E-state index < -0.39 is 21.6 Å². The van der Waals surface area contributed by atoms with Gasteiger partial charge >= 0.3 is 6.03 Å². The number of amides is 3. The number of aryl methyl sites for hydroxylation is 2. The molecule has 6 rings (SSSR count). The third kappa shape index (κ3) is 3.16. The van der Waals surface area contributed by atoms with Crippen LogP contribution in [0.25, 0.3) is 10.8 Å². The third-order valence-corrected chi connectivity index (χ3v) is 9.45. The van der Waals surface area contributed by atoms with Gasteiger partial charge in [-0.1, -0.05) is 54.6 Å². The standard InChI is InChI=1S/C26H25N3O4S/c30-24-26(27-25(31)29(24)17-18-5-2-1-3-6-18)13-15-28(16-14-26)34(32,33)22-12-10-20-8-4-7-19-9-11-21(22)23(19)20/h1-8,10,12H,9,11,13-17H2,(H,27,31). The van der Waals surface area contributed by atoms with Crippen molar-refractivity contribution in [2.75, 3.05) is 13.1 Å². The van der Waals surface area contributed by atoms with Crippen LogP contribution in [0.2, 0.25) is 0 Å². The Morgan fingerprint density at radius 3 is 2.41 bits per heavy atom. The van der Waals surface area contributed by atoms with Gasteiger partial charge in [0.05, 0.1) is 11.4 Å². The molecule has 7 nitrogen and oxygen atoms in total. The summed E-state index contributed by atoms with van der Waals surface area (Å²) >= 11 is 0. The van der Waals surface area contributed by atoms with Crippen LogP contribution < -0.4 is 5.32 Å². The minimum absolute atomic E-state index is 0.187. The molecule has 3 aliphatic rings. The minimum atomic E-state index is -3.71. The van der Waals surface area contributed by atoms with Gasteiger partial charge in [-0.15, -0.1) is 0 Å². The summed E-state index contributed by atoms with van der Waals surface area (Å²) in [6, 6.07) is 18.7. The molecule has 2 saturated heterocycles. The molecule has 34 heavy (non-hydrogen) atoms. The normalized spacial score (nSPS) is 19.8. The second-order valence-corrected chi connectivity index (χ2v) is 11.3. The molecule has 2 aliphatic heterocycles. The maximum atomic E-state index is 13.6. The number of sulfonamides is 1. The number of hydrogen-bond acceptors (Lipinski definition) is 4. The van der Waals surface area contributed by atoms with E-state index in [4.69, 9.17) is 0 Å². The number of imide groups is 1. The molecule has 1 N–H and O–H groups in total. The lowest BCUT2D eigenvalue weighted by molar-refractivity contribution is -0.133. The molecule has 1 spiro atoms. The Morgan fingerprint density at radius 2 is 1.65 bits per heavy atom. The summed E-state index contributed by atoms with van der Waals surface area (Å²) in [6.45, 7) is 0.581. The number of carbonyl (C=O) groups excluding carboxylic acids is 2. The zero-order chi connectivity index (χ0) is 23.5. The van der Waals surface area contributed by atoms with Gasteiger partial charge in [0.1, 0.15) is 5.54 Å². The number of urea groups is 1. The fourth-order valence-corrected chi connectivity index (χ4v) is 7.34. The Hall–Kier alpha value is -3.23. The van der Waals surface area contributed by atoms with E-state index in [1.807, 2.05) is 48.5 Å². The Kier molecular flexibility index (Phi) is 4.79. The molecule has 0 saturated carbocycles. The second kappa shape index (κ2) is 7.65. The first kappa shape index (κ1) is 21.3. The molecular formula is C26H25N3O4S. The highest BCUT2D eigenvalue weighted by atomic mass is 32.2. The molecule has 0 atom stereocenters. The van der Waals surface area contributed by atoms with E-state index >= 15 is 0 Å². The number of nitrogens with zero attached hydrogens (tertiary/aromatic N) is 2. The highest BCUT2D eigenvalue weighted by Crippen LogP contribution is 2.38. The molecule has 2 heterocycles. The quantitative estimate of drug-likeness (QED) is 0.587. The maximum Gasteiger partial charge on any atom is 0.325 e. The largest absolute Gasteiger partial charge is 0.325 e. The zero-order valence-corrected chi connectivity index (χ0v) is 19.5. The molecule has 3 aromatic carbocycles. The summed E-state index contributed by atoms with van der Waals surface area (Å²) in [5.41, 5.74) is 1.93. The summed E-state index contributed by atoms with van der Waals surface area (Å²) in [5.74, 6) is -0.271. The van der Waals surface area contributed by atoms with Crippen molar-refractivity contribution >= 4 is 32.7 Å². The fourth-order valence-electron chi connectivity index (χ4n) is 5.65. The second-order valence-electron chi connectivity index (χ2n) is 9.35. The number of rotatable bonds is 4. The third-order valence-electron chi connectivity index (χ3n) is 7.46. The highest BCUT2D eigenvalue weighted by Gasteiger charge is 2.53. The number of nitrogens with one attached hydrogen (secondary N) is 1. The molecule has 0 aromatic heterocycles. The summed E-state index contributed by atoms with van der Waals surface area (Å²) in [6.07, 6.45) is 2.08. The number of benzene rings is 3. The maximum absolute atomic E-state index is 13.6. The zero-order valence-electron chi connectivity index (χ0n) is 18.7. The van der Waals surface area contributed by atoms with E-state index in [-0.39, 0.29) is 38.4 Å². The van der Waals surface area contributed by atoms with Gasteiger partial charge < -0.3 is 5.32 Å². The lowest BCUT2D eigenvalue weighted by Crippen LogP contribution is -2.55. The molecule has 3 aromatic rings. The van der Waals surface area contributed by atoms with Gasteiger partial charge in [-0.3, -0.25) is 9.69 Å². The first-order valence-electron chi connectivity index (χ1n) is 11.6. The van der Waals surface area contributed by atoms with E-state index in [0.29, 0.717) is 11.3 Å². The van der Waals surface area contributed by atoms with Gasteiger partial charge in [-0.05, 0) is 59.2 Å². The van der Waals surface area contributed by atoms with Crippen LogP contribution in [-0.4, -0.2) is 48.2 Å². The summed E-state index contributed by atoms with van der Waals surface area (Å²) < 4.78 is 28.7. The summed E-state index contributed by atoms with van der Waals surface area (Å²) in [7, 11) is -3.71. The average Bonchev–Trinajstić information content (AvgIpc) is 3.37. The molecule has 8 heteroatoms. The summed E-state index contributed by atoms with van der Waals surface area (Å²) in [5, 5.41) is 5.00. The minimum Gasteiger partial charge on any atom is -0.323 e. The molecule has 1 aliphatic carbocycles. The van der Waals surface area contributed by atoms with Crippen LogP contribution >= 0.6 is 0 Å². The van der Waals surface area contributed by atoms with Crippen molar-refractivity contribution in [1.82, 2.24) is 14.5 Å². The number of piperidine rings is 1. The number of carbonyl (C=O) groups is 2. The van der Waals surface area contributed by atoms with Crippen LogP contribution in [0.4, 0.5) is 4.79 Å². The fraction of sp³-hybridized carbons (Fsp3) is 0.308. The van der Waals surface area contributed by atoms with Gasteiger partial charge in [0.25, 0.3) is 5.91 Å².